The van der Waals surface area contributed by atoms with E-state index in [1.54, 1.807) is 6.07 Å². The Morgan fingerprint density at radius 1 is 1.09 bits per heavy atom. The van der Waals surface area contributed by atoms with Gasteiger partial charge in [0.2, 0.25) is 11.8 Å². The maximum Gasteiger partial charge on any atom is 0.247 e. The summed E-state index contributed by atoms with van der Waals surface area (Å²) in [6, 6.07) is 14.1. The number of anilines is 2. The molecule has 0 saturated heterocycles. The maximum absolute atomic E-state index is 12.1. The Bertz CT molecular complexity index is 748. The van der Waals surface area contributed by atoms with Crippen LogP contribution in [0.1, 0.15) is 12.0 Å². The number of hydrogen-bond donors (Lipinski definition) is 3. The second-order valence-corrected chi connectivity index (χ2v) is 5.71. The van der Waals surface area contributed by atoms with Gasteiger partial charge in [0.25, 0.3) is 0 Å². The SMILES string of the molecule is O=C(C[C@H]1Nc2ccccc2NC1=O)NCc1ccccc1Cl. The predicted octanol–water partition coefficient (Wildman–Crippen LogP) is 2.78. The van der Waals surface area contributed by atoms with E-state index in [1.807, 2.05) is 42.5 Å². The third-order valence-corrected chi connectivity index (χ3v) is 4.02. The predicted molar refractivity (Wildman–Crippen MR) is 90.4 cm³/mol. The van der Waals surface area contributed by atoms with Crippen LogP contribution in [0.3, 0.4) is 0 Å². The fourth-order valence-corrected chi connectivity index (χ4v) is 2.63. The highest BCUT2D eigenvalue weighted by molar-refractivity contribution is 6.31. The number of benzene rings is 2. The van der Waals surface area contributed by atoms with Gasteiger partial charge in [-0.05, 0) is 23.8 Å². The van der Waals surface area contributed by atoms with Crippen molar-refractivity contribution in [2.24, 2.45) is 0 Å². The molecule has 0 aliphatic carbocycles. The smallest absolute Gasteiger partial charge is 0.247 e. The topological polar surface area (TPSA) is 70.2 Å². The average molecular weight is 330 g/mol. The molecule has 6 heteroatoms. The fourth-order valence-electron chi connectivity index (χ4n) is 2.43. The van der Waals surface area contributed by atoms with Crippen LogP contribution in [0.15, 0.2) is 48.5 Å². The Morgan fingerprint density at radius 3 is 2.57 bits per heavy atom. The van der Waals surface area contributed by atoms with Crippen LogP contribution < -0.4 is 16.0 Å². The van der Waals surface area contributed by atoms with Gasteiger partial charge in [0.1, 0.15) is 6.04 Å². The minimum absolute atomic E-state index is 0.0601. The third kappa shape index (κ3) is 3.63. The molecule has 23 heavy (non-hydrogen) atoms. The van der Waals surface area contributed by atoms with Gasteiger partial charge < -0.3 is 16.0 Å². The Labute approximate surface area is 139 Å². The standard InChI is InChI=1S/C17H16ClN3O2/c18-12-6-2-1-5-11(12)10-19-16(22)9-15-17(23)21-14-8-4-3-7-13(14)20-15/h1-8,15,20H,9-10H2,(H,19,22)(H,21,23)/t15-/m1/s1. The summed E-state index contributed by atoms with van der Waals surface area (Å²) in [7, 11) is 0. The Morgan fingerprint density at radius 2 is 1.78 bits per heavy atom. The quantitative estimate of drug-likeness (QED) is 0.807. The number of rotatable bonds is 4. The normalized spacial score (nSPS) is 16.0. The van der Waals surface area contributed by atoms with Crippen LogP contribution in [0.25, 0.3) is 0 Å². The van der Waals surface area contributed by atoms with E-state index in [-0.39, 0.29) is 18.2 Å². The van der Waals surface area contributed by atoms with Gasteiger partial charge in [-0.3, -0.25) is 9.59 Å². The zero-order chi connectivity index (χ0) is 16.2. The van der Waals surface area contributed by atoms with Crippen molar-refractivity contribution >= 4 is 34.8 Å². The molecule has 0 saturated carbocycles. The van der Waals surface area contributed by atoms with E-state index in [2.05, 4.69) is 16.0 Å². The van der Waals surface area contributed by atoms with Crippen molar-refractivity contribution in [1.82, 2.24) is 5.32 Å². The first-order chi connectivity index (χ1) is 11.1. The Kier molecular flexibility index (Phi) is 4.48. The highest BCUT2D eigenvalue weighted by Crippen LogP contribution is 2.26. The molecular formula is C17H16ClN3O2. The first-order valence-electron chi connectivity index (χ1n) is 7.30. The molecule has 0 aromatic heterocycles. The van der Waals surface area contributed by atoms with Crippen molar-refractivity contribution in [2.75, 3.05) is 10.6 Å². The van der Waals surface area contributed by atoms with E-state index < -0.39 is 6.04 Å². The largest absolute Gasteiger partial charge is 0.372 e. The van der Waals surface area contributed by atoms with Crippen LogP contribution in [0.2, 0.25) is 5.02 Å². The fraction of sp³-hybridized carbons (Fsp3) is 0.176. The molecule has 5 nitrogen and oxygen atoms in total. The molecule has 2 aromatic carbocycles. The number of halogens is 1. The number of amides is 2. The van der Waals surface area contributed by atoms with Gasteiger partial charge in [0, 0.05) is 11.6 Å². The summed E-state index contributed by atoms with van der Waals surface area (Å²) in [4.78, 5) is 24.1. The van der Waals surface area contributed by atoms with Gasteiger partial charge in [0.05, 0.1) is 17.8 Å². The van der Waals surface area contributed by atoms with Crippen LogP contribution in [-0.2, 0) is 16.1 Å². The van der Waals surface area contributed by atoms with Gasteiger partial charge in [-0.25, -0.2) is 0 Å². The van der Waals surface area contributed by atoms with Crippen LogP contribution in [0, 0.1) is 0 Å². The first kappa shape index (κ1) is 15.4. The number of hydrogen-bond acceptors (Lipinski definition) is 3. The van der Waals surface area contributed by atoms with Crippen molar-refractivity contribution in [2.45, 2.75) is 19.0 Å². The highest BCUT2D eigenvalue weighted by Gasteiger charge is 2.27. The Hall–Kier alpha value is -2.53. The van der Waals surface area contributed by atoms with Gasteiger partial charge in [-0.15, -0.1) is 0 Å². The van der Waals surface area contributed by atoms with E-state index in [4.69, 9.17) is 11.6 Å². The molecular weight excluding hydrogens is 314 g/mol. The summed E-state index contributed by atoms with van der Waals surface area (Å²) < 4.78 is 0. The van der Waals surface area contributed by atoms with Crippen LogP contribution >= 0.6 is 11.6 Å². The van der Waals surface area contributed by atoms with Gasteiger partial charge in [-0.1, -0.05) is 41.9 Å². The second-order valence-electron chi connectivity index (χ2n) is 5.30. The van der Waals surface area contributed by atoms with Crippen LogP contribution in [-0.4, -0.2) is 17.9 Å². The lowest BCUT2D eigenvalue weighted by Crippen LogP contribution is -2.42. The second kappa shape index (κ2) is 6.71. The van der Waals surface area contributed by atoms with Crippen molar-refractivity contribution in [3.63, 3.8) is 0 Å². The van der Waals surface area contributed by atoms with Crippen molar-refractivity contribution in [3.05, 3.63) is 59.1 Å². The van der Waals surface area contributed by atoms with Crippen LogP contribution in [0.4, 0.5) is 11.4 Å². The molecule has 1 aliphatic heterocycles. The maximum atomic E-state index is 12.1. The van der Waals surface area contributed by atoms with Gasteiger partial charge >= 0.3 is 0 Å². The molecule has 2 amide bonds. The molecule has 118 valence electrons. The number of nitrogens with one attached hydrogen (secondary N) is 3. The molecule has 1 aliphatic rings. The Balaban J connectivity index is 1.58. The summed E-state index contributed by atoms with van der Waals surface area (Å²) >= 11 is 6.05. The zero-order valence-corrected chi connectivity index (χ0v) is 13.1. The van der Waals surface area contributed by atoms with Crippen molar-refractivity contribution in [1.29, 1.82) is 0 Å². The molecule has 3 rings (SSSR count). The highest BCUT2D eigenvalue weighted by atomic mass is 35.5. The molecule has 0 unspecified atom stereocenters. The number of para-hydroxylation sites is 2. The molecule has 0 fully saturated rings. The molecule has 0 spiro atoms. The summed E-state index contributed by atoms with van der Waals surface area (Å²) in [5.41, 5.74) is 2.38. The number of carbonyl (C=O) groups is 2. The molecule has 2 aromatic rings. The lowest BCUT2D eigenvalue weighted by molar-refractivity contribution is -0.125. The van der Waals surface area contributed by atoms with E-state index in [0.29, 0.717) is 11.6 Å². The lowest BCUT2D eigenvalue weighted by Gasteiger charge is -2.26. The van der Waals surface area contributed by atoms with E-state index >= 15 is 0 Å². The summed E-state index contributed by atoms with van der Waals surface area (Å²) in [5, 5.41) is 9.28. The van der Waals surface area contributed by atoms with E-state index in [0.717, 1.165) is 16.9 Å². The number of carbonyl (C=O) groups excluding carboxylic acids is 2. The molecule has 3 N–H and O–H groups in total. The van der Waals surface area contributed by atoms with E-state index in [1.165, 1.54) is 0 Å². The zero-order valence-electron chi connectivity index (χ0n) is 12.3. The first-order valence-corrected chi connectivity index (χ1v) is 7.68. The molecule has 0 bridgehead atoms. The minimum atomic E-state index is -0.587. The summed E-state index contributed by atoms with van der Waals surface area (Å²) in [6.07, 6.45) is 0.0601. The third-order valence-electron chi connectivity index (χ3n) is 3.65. The molecule has 0 radical (unpaired) electrons. The summed E-state index contributed by atoms with van der Waals surface area (Å²) in [5.74, 6) is -0.423. The van der Waals surface area contributed by atoms with E-state index in [9.17, 15) is 9.59 Å². The van der Waals surface area contributed by atoms with Crippen molar-refractivity contribution in [3.8, 4) is 0 Å². The monoisotopic (exact) mass is 329 g/mol. The average Bonchev–Trinajstić information content (AvgIpc) is 2.55. The molecule has 1 heterocycles. The minimum Gasteiger partial charge on any atom is -0.372 e. The summed E-state index contributed by atoms with van der Waals surface area (Å²) in [6.45, 7) is 0.337. The van der Waals surface area contributed by atoms with Crippen molar-refractivity contribution < 1.29 is 9.59 Å². The van der Waals surface area contributed by atoms with Gasteiger partial charge in [0.15, 0.2) is 0 Å². The molecule has 1 atom stereocenters. The van der Waals surface area contributed by atoms with Gasteiger partial charge in [-0.2, -0.15) is 0 Å². The van der Waals surface area contributed by atoms with Crippen LogP contribution in [0.5, 0.6) is 0 Å². The number of fused-ring (bicyclic) bond motifs is 1. The lowest BCUT2D eigenvalue weighted by atomic mass is 10.1.